The summed E-state index contributed by atoms with van der Waals surface area (Å²) in [6.07, 6.45) is 8.42. The Morgan fingerprint density at radius 2 is 1.84 bits per heavy atom. The average molecular weight is 303 g/mol. The summed E-state index contributed by atoms with van der Waals surface area (Å²) in [7, 11) is 0. The molecule has 1 unspecified atom stereocenters. The third-order valence-corrected chi connectivity index (χ3v) is 4.10. The van der Waals surface area contributed by atoms with Gasteiger partial charge in [0.1, 0.15) is 0 Å². The van der Waals surface area contributed by atoms with Crippen molar-refractivity contribution in [3.8, 4) is 0 Å². The molecule has 19 heavy (non-hydrogen) atoms. The second kappa shape index (κ2) is 9.60. The van der Waals surface area contributed by atoms with Gasteiger partial charge in [-0.1, -0.05) is 68.3 Å². The largest absolute Gasteiger partial charge is 0.271 e. The topological polar surface area (TPSA) is 38.0 Å². The third-order valence-electron chi connectivity index (χ3n) is 3.36. The summed E-state index contributed by atoms with van der Waals surface area (Å²) < 4.78 is 0. The third kappa shape index (κ3) is 6.62. The fraction of sp³-hybridized carbons (Fsp3) is 0.600. The molecular weight excluding hydrogens is 279 g/mol. The van der Waals surface area contributed by atoms with Gasteiger partial charge >= 0.3 is 0 Å². The number of benzene rings is 1. The molecule has 0 fully saturated rings. The first-order chi connectivity index (χ1) is 9.17. The van der Waals surface area contributed by atoms with Crippen molar-refractivity contribution in [2.45, 2.75) is 57.9 Å². The van der Waals surface area contributed by atoms with Crippen molar-refractivity contribution in [1.82, 2.24) is 5.43 Å². The average Bonchev–Trinajstić information content (AvgIpc) is 2.41. The van der Waals surface area contributed by atoms with Gasteiger partial charge < -0.3 is 0 Å². The molecule has 0 aromatic heterocycles. The van der Waals surface area contributed by atoms with Crippen molar-refractivity contribution in [1.29, 1.82) is 0 Å². The molecule has 1 atom stereocenters. The minimum atomic E-state index is 0.305. The van der Waals surface area contributed by atoms with Crippen LogP contribution in [0.15, 0.2) is 18.2 Å². The highest BCUT2D eigenvalue weighted by Gasteiger charge is 2.08. The number of rotatable bonds is 9. The van der Waals surface area contributed by atoms with Gasteiger partial charge in [-0.2, -0.15) is 0 Å². The first-order valence-corrected chi connectivity index (χ1v) is 7.83. The van der Waals surface area contributed by atoms with Crippen LogP contribution in [0, 0.1) is 0 Å². The van der Waals surface area contributed by atoms with Gasteiger partial charge in [-0.05, 0) is 30.5 Å². The number of nitrogens with one attached hydrogen (secondary N) is 1. The molecule has 0 bridgehead atoms. The van der Waals surface area contributed by atoms with E-state index >= 15 is 0 Å². The van der Waals surface area contributed by atoms with Gasteiger partial charge in [-0.25, -0.2) is 0 Å². The molecule has 1 rings (SSSR count). The molecule has 0 aliphatic carbocycles. The highest BCUT2D eigenvalue weighted by Crippen LogP contribution is 2.23. The maximum atomic E-state index is 6.02. The van der Waals surface area contributed by atoms with E-state index in [0.29, 0.717) is 16.1 Å². The lowest BCUT2D eigenvalue weighted by Gasteiger charge is -2.16. The van der Waals surface area contributed by atoms with Crippen LogP contribution in [0.2, 0.25) is 10.0 Å². The number of halogens is 2. The Morgan fingerprint density at radius 1 is 1.11 bits per heavy atom. The Hall–Kier alpha value is -0.280. The van der Waals surface area contributed by atoms with Crippen LogP contribution in [0.4, 0.5) is 0 Å². The van der Waals surface area contributed by atoms with E-state index < -0.39 is 0 Å². The number of hydrogen-bond donors (Lipinski definition) is 2. The van der Waals surface area contributed by atoms with Gasteiger partial charge in [-0.3, -0.25) is 11.3 Å². The lowest BCUT2D eigenvalue weighted by atomic mass is 10.0. The second-order valence-electron chi connectivity index (χ2n) is 5.02. The lowest BCUT2D eigenvalue weighted by molar-refractivity contribution is 0.461. The maximum absolute atomic E-state index is 6.02. The summed E-state index contributed by atoms with van der Waals surface area (Å²) in [5.74, 6) is 5.62. The van der Waals surface area contributed by atoms with Gasteiger partial charge in [0.05, 0.1) is 10.0 Å². The van der Waals surface area contributed by atoms with Gasteiger partial charge in [0.2, 0.25) is 0 Å². The summed E-state index contributed by atoms with van der Waals surface area (Å²) in [4.78, 5) is 0. The zero-order valence-corrected chi connectivity index (χ0v) is 13.1. The highest BCUT2D eigenvalue weighted by molar-refractivity contribution is 6.42. The predicted molar refractivity (Wildman–Crippen MR) is 84.7 cm³/mol. The monoisotopic (exact) mass is 302 g/mol. The summed E-state index contributed by atoms with van der Waals surface area (Å²) >= 11 is 11.9. The summed E-state index contributed by atoms with van der Waals surface area (Å²) in [6.45, 7) is 2.23. The standard InChI is InChI=1S/C15H24Cl2N2/c1-2-3-4-5-6-7-13(19-18)10-12-8-9-14(16)15(17)11-12/h8-9,11,13,19H,2-7,10,18H2,1H3. The molecule has 1 aromatic carbocycles. The molecule has 0 saturated heterocycles. The molecule has 0 aliphatic heterocycles. The number of nitrogens with two attached hydrogens (primary N) is 1. The molecule has 4 heteroatoms. The molecular formula is C15H24Cl2N2. The van der Waals surface area contributed by atoms with Crippen LogP contribution in [0.3, 0.4) is 0 Å². The SMILES string of the molecule is CCCCCCCC(Cc1ccc(Cl)c(Cl)c1)NN. The number of hydrogen-bond acceptors (Lipinski definition) is 2. The molecule has 108 valence electrons. The van der Waals surface area contributed by atoms with E-state index in [1.807, 2.05) is 18.2 Å². The highest BCUT2D eigenvalue weighted by atomic mass is 35.5. The van der Waals surface area contributed by atoms with Crippen LogP contribution in [0.25, 0.3) is 0 Å². The number of hydrazine groups is 1. The van der Waals surface area contributed by atoms with Gasteiger partial charge in [0.15, 0.2) is 0 Å². The lowest BCUT2D eigenvalue weighted by Crippen LogP contribution is -2.36. The fourth-order valence-electron chi connectivity index (χ4n) is 2.19. The van der Waals surface area contributed by atoms with Crippen LogP contribution in [-0.2, 0) is 6.42 Å². The Kier molecular flexibility index (Phi) is 8.47. The van der Waals surface area contributed by atoms with Crippen LogP contribution < -0.4 is 11.3 Å². The fourth-order valence-corrected chi connectivity index (χ4v) is 2.51. The summed E-state index contributed by atoms with van der Waals surface area (Å²) in [5, 5.41) is 1.21. The van der Waals surface area contributed by atoms with Crippen molar-refractivity contribution >= 4 is 23.2 Å². The minimum absolute atomic E-state index is 0.305. The van der Waals surface area contributed by atoms with Crippen molar-refractivity contribution < 1.29 is 0 Å². The van der Waals surface area contributed by atoms with Gasteiger partial charge in [-0.15, -0.1) is 0 Å². The van der Waals surface area contributed by atoms with Crippen molar-refractivity contribution in [2.75, 3.05) is 0 Å². The van der Waals surface area contributed by atoms with Crippen LogP contribution in [-0.4, -0.2) is 6.04 Å². The summed E-state index contributed by atoms with van der Waals surface area (Å²) in [5.41, 5.74) is 4.07. The maximum Gasteiger partial charge on any atom is 0.0595 e. The van der Waals surface area contributed by atoms with Crippen LogP contribution in [0.1, 0.15) is 51.0 Å². The Morgan fingerprint density at radius 3 is 2.47 bits per heavy atom. The zero-order chi connectivity index (χ0) is 14.1. The van der Waals surface area contributed by atoms with E-state index in [-0.39, 0.29) is 0 Å². The molecule has 3 N–H and O–H groups in total. The van der Waals surface area contributed by atoms with E-state index in [1.54, 1.807) is 0 Å². The van der Waals surface area contributed by atoms with Gasteiger partial charge in [0, 0.05) is 6.04 Å². The van der Waals surface area contributed by atoms with Crippen molar-refractivity contribution in [3.63, 3.8) is 0 Å². The summed E-state index contributed by atoms with van der Waals surface area (Å²) in [6, 6.07) is 6.08. The molecule has 2 nitrogen and oxygen atoms in total. The minimum Gasteiger partial charge on any atom is -0.271 e. The van der Waals surface area contributed by atoms with E-state index in [4.69, 9.17) is 29.0 Å². The molecule has 1 aromatic rings. The molecule has 0 saturated carbocycles. The Bertz CT molecular complexity index is 369. The van der Waals surface area contributed by atoms with E-state index in [1.165, 1.54) is 37.7 Å². The molecule has 0 spiro atoms. The second-order valence-corrected chi connectivity index (χ2v) is 5.83. The van der Waals surface area contributed by atoms with Crippen molar-refractivity contribution in [2.24, 2.45) is 5.84 Å². The molecule has 0 amide bonds. The Balaban J connectivity index is 2.36. The predicted octanol–water partition coefficient (Wildman–Crippen LogP) is 4.73. The van der Waals surface area contributed by atoms with Gasteiger partial charge in [0.25, 0.3) is 0 Å². The normalized spacial score (nSPS) is 12.6. The smallest absolute Gasteiger partial charge is 0.0595 e. The molecule has 0 heterocycles. The van der Waals surface area contributed by atoms with Crippen LogP contribution in [0.5, 0.6) is 0 Å². The van der Waals surface area contributed by atoms with Crippen molar-refractivity contribution in [3.05, 3.63) is 33.8 Å². The first kappa shape index (κ1) is 16.8. The zero-order valence-electron chi connectivity index (χ0n) is 11.6. The quantitative estimate of drug-likeness (QED) is 0.393. The first-order valence-electron chi connectivity index (χ1n) is 7.07. The van der Waals surface area contributed by atoms with E-state index in [2.05, 4.69) is 12.3 Å². The van der Waals surface area contributed by atoms with Crippen LogP contribution >= 0.6 is 23.2 Å². The molecule has 0 radical (unpaired) electrons. The van der Waals surface area contributed by atoms with E-state index in [9.17, 15) is 0 Å². The Labute approximate surface area is 126 Å². The van der Waals surface area contributed by atoms with E-state index in [0.717, 1.165) is 12.8 Å². The molecule has 0 aliphatic rings. The number of unbranched alkanes of at least 4 members (excludes halogenated alkanes) is 4.